The zero-order chi connectivity index (χ0) is 43.0. The Morgan fingerprint density at radius 1 is 1.00 bits per heavy atom. The molecule has 5 aromatic rings. The van der Waals surface area contributed by atoms with Crippen LogP contribution in [0.15, 0.2) is 84.1 Å². The van der Waals surface area contributed by atoms with Crippen LogP contribution in [0.5, 0.6) is 11.5 Å². The molecule has 15 heteroatoms. The molecular weight excluding hydrogens is 803 g/mol. The maximum atomic E-state index is 13.9. The smallest absolute Gasteiger partial charge is 0.268 e. The number of amides is 1. The molecule has 1 saturated carbocycles. The molecule has 4 fully saturated rings. The maximum Gasteiger partial charge on any atom is 0.268 e. The first-order chi connectivity index (χ1) is 29.9. The third-order valence-electron chi connectivity index (χ3n) is 13.7. The highest BCUT2D eigenvalue weighted by Crippen LogP contribution is 2.53. The Morgan fingerprint density at radius 2 is 1.79 bits per heavy atom. The highest BCUT2D eigenvalue weighted by atomic mass is 32.2. The number of hydrogen-bond donors (Lipinski definition) is 4. The number of likely N-dealkylation sites (N-methyl/N-ethyl adjacent to an activating group) is 1. The standard InChI is InChI=1S/C47H59N9O5S/c1-31(2)38-6-4-5-7-39(38)42-30-54(3)18-19-56(42)35-25-47(26-35)13-16-55(17-14-47)34-8-9-40(43(23-34)61-36-22-33-10-15-49-44(33)51-28-36)46(57)53-62(58,59)37-24-41(48)45(52-29-37)50-27-32-11-20-60-21-12-32/h4-10,15,22-24,28-29,31-32,35,42H,11-14,16-21,25-27,30,48H2,1-3H3,(H,49,51)(H,50,52)(H,53,57)/t42-/m1/s1. The number of nitrogens with two attached hydrogens (primary N) is 1. The molecule has 9 rings (SSSR count). The normalized spacial score (nSPS) is 20.4. The predicted octanol–water partition coefficient (Wildman–Crippen LogP) is 7.15. The van der Waals surface area contributed by atoms with Gasteiger partial charge >= 0.3 is 0 Å². The minimum absolute atomic E-state index is 0.0678. The van der Waals surface area contributed by atoms with Crippen LogP contribution in [0.1, 0.15) is 85.8 Å². The quantitative estimate of drug-likeness (QED) is 0.100. The minimum Gasteiger partial charge on any atom is -0.455 e. The largest absolute Gasteiger partial charge is 0.455 e. The summed E-state index contributed by atoms with van der Waals surface area (Å²) in [6.07, 6.45) is 11.0. The van der Waals surface area contributed by atoms with Gasteiger partial charge in [-0.3, -0.25) is 9.69 Å². The SMILES string of the molecule is CC(C)c1ccccc1[C@H]1CN(C)CCN1C1CC2(CCN(c3ccc(C(=O)NS(=O)(=O)c4cnc(NCC5CCOCC5)c(N)c4)c(Oc4cnc5[nH]ccc5c4)c3)CC2)C1. The fraction of sp³-hybridized carbons (Fsp3) is 0.468. The van der Waals surface area contributed by atoms with Gasteiger partial charge in [-0.05, 0) is 104 Å². The summed E-state index contributed by atoms with van der Waals surface area (Å²) in [4.78, 5) is 33.2. The average Bonchev–Trinajstić information content (AvgIpc) is 3.73. The van der Waals surface area contributed by atoms with Gasteiger partial charge in [0.15, 0.2) is 0 Å². The Kier molecular flexibility index (Phi) is 11.9. The molecule has 6 heterocycles. The number of nitrogens with zero attached hydrogens (tertiary/aromatic N) is 5. The van der Waals surface area contributed by atoms with Gasteiger partial charge in [-0.2, -0.15) is 0 Å². The number of aromatic amines is 1. The summed E-state index contributed by atoms with van der Waals surface area (Å²) in [6, 6.07) is 20.4. The number of fused-ring (bicyclic) bond motifs is 1. The van der Waals surface area contributed by atoms with Crippen LogP contribution in [0.2, 0.25) is 0 Å². The zero-order valence-electron chi connectivity index (χ0n) is 36.0. The van der Waals surface area contributed by atoms with Crippen molar-refractivity contribution in [3.8, 4) is 11.5 Å². The second kappa shape index (κ2) is 17.5. The number of ether oxygens (including phenoxy) is 2. The number of H-pyrrole nitrogens is 1. The van der Waals surface area contributed by atoms with Crippen LogP contribution in [-0.4, -0.2) is 105 Å². The Bertz CT molecular complexity index is 2510. The summed E-state index contributed by atoms with van der Waals surface area (Å²) >= 11 is 0. The van der Waals surface area contributed by atoms with Gasteiger partial charge in [0.25, 0.3) is 15.9 Å². The van der Waals surface area contributed by atoms with Gasteiger partial charge in [-0.1, -0.05) is 38.1 Å². The molecule has 1 amide bonds. The van der Waals surface area contributed by atoms with E-state index in [-0.39, 0.29) is 21.9 Å². The number of rotatable bonds is 12. The van der Waals surface area contributed by atoms with Crippen molar-refractivity contribution in [2.75, 3.05) is 75.5 Å². The van der Waals surface area contributed by atoms with Gasteiger partial charge in [0.1, 0.15) is 27.9 Å². The highest BCUT2D eigenvalue weighted by molar-refractivity contribution is 7.90. The summed E-state index contributed by atoms with van der Waals surface area (Å²) in [5, 5.41) is 4.08. The maximum absolute atomic E-state index is 13.9. The molecule has 1 spiro atoms. The molecule has 62 heavy (non-hydrogen) atoms. The number of carbonyl (C=O) groups is 1. The number of anilines is 3. The van der Waals surface area contributed by atoms with Crippen LogP contribution in [0, 0.1) is 11.3 Å². The molecule has 328 valence electrons. The molecule has 1 aliphatic carbocycles. The van der Waals surface area contributed by atoms with Gasteiger partial charge in [-0.25, -0.2) is 23.1 Å². The second-order valence-electron chi connectivity index (χ2n) is 18.2. The van der Waals surface area contributed by atoms with E-state index in [1.807, 2.05) is 24.3 Å². The number of piperazine rings is 1. The van der Waals surface area contributed by atoms with Crippen molar-refractivity contribution < 1.29 is 22.7 Å². The lowest BCUT2D eigenvalue weighted by Gasteiger charge is -2.58. The third kappa shape index (κ3) is 8.85. The van der Waals surface area contributed by atoms with Crippen molar-refractivity contribution in [2.45, 2.75) is 75.3 Å². The zero-order valence-corrected chi connectivity index (χ0v) is 36.8. The van der Waals surface area contributed by atoms with Gasteiger partial charge in [0, 0.05) is 94.1 Å². The van der Waals surface area contributed by atoms with Crippen molar-refractivity contribution in [1.29, 1.82) is 0 Å². The number of carbonyl (C=O) groups excluding carboxylic acids is 1. The van der Waals surface area contributed by atoms with Gasteiger partial charge in [-0.15, -0.1) is 0 Å². The van der Waals surface area contributed by atoms with E-state index >= 15 is 0 Å². The topological polar surface area (TPSA) is 171 Å². The molecule has 3 aromatic heterocycles. The number of pyridine rings is 2. The first-order valence-electron chi connectivity index (χ1n) is 22.1. The van der Waals surface area contributed by atoms with Crippen molar-refractivity contribution in [1.82, 2.24) is 29.5 Å². The molecule has 2 aromatic carbocycles. The molecule has 0 unspecified atom stereocenters. The average molecular weight is 862 g/mol. The molecule has 5 N–H and O–H groups in total. The lowest BCUT2D eigenvalue weighted by Crippen LogP contribution is -2.59. The van der Waals surface area contributed by atoms with Crippen LogP contribution in [-0.2, 0) is 14.8 Å². The van der Waals surface area contributed by atoms with Crippen molar-refractivity contribution >= 4 is 44.2 Å². The third-order valence-corrected chi connectivity index (χ3v) is 15.0. The number of nitrogen functional groups attached to an aromatic ring is 1. The summed E-state index contributed by atoms with van der Waals surface area (Å²) < 4.78 is 41.3. The van der Waals surface area contributed by atoms with E-state index < -0.39 is 15.9 Å². The van der Waals surface area contributed by atoms with E-state index in [1.54, 1.807) is 18.5 Å². The lowest BCUT2D eigenvalue weighted by atomic mass is 9.59. The number of benzene rings is 2. The molecule has 0 radical (unpaired) electrons. The minimum atomic E-state index is -4.35. The Balaban J connectivity index is 0.892. The van der Waals surface area contributed by atoms with E-state index in [1.165, 1.54) is 36.2 Å². The molecule has 14 nitrogen and oxygen atoms in total. The van der Waals surface area contributed by atoms with Crippen LogP contribution in [0.3, 0.4) is 0 Å². The molecule has 3 aliphatic heterocycles. The van der Waals surface area contributed by atoms with E-state index in [0.717, 1.165) is 69.5 Å². The number of piperidine rings is 1. The van der Waals surface area contributed by atoms with Gasteiger partial charge in [0.2, 0.25) is 0 Å². The first kappa shape index (κ1) is 42.1. The number of nitrogens with one attached hydrogen (secondary N) is 3. The lowest BCUT2D eigenvalue weighted by molar-refractivity contribution is -0.0584. The van der Waals surface area contributed by atoms with Crippen molar-refractivity contribution in [3.05, 3.63) is 95.9 Å². The Morgan fingerprint density at radius 3 is 2.56 bits per heavy atom. The highest BCUT2D eigenvalue weighted by Gasteiger charge is 2.50. The first-order valence-corrected chi connectivity index (χ1v) is 23.6. The Hall–Kier alpha value is -5.22. The summed E-state index contributed by atoms with van der Waals surface area (Å²) in [5.41, 5.74) is 11.4. The van der Waals surface area contributed by atoms with Crippen LogP contribution >= 0.6 is 0 Å². The van der Waals surface area contributed by atoms with Crippen molar-refractivity contribution in [3.63, 3.8) is 0 Å². The predicted molar refractivity (Wildman–Crippen MR) is 242 cm³/mol. The number of aromatic nitrogens is 3. The van der Waals surface area contributed by atoms with E-state index in [2.05, 4.69) is 84.9 Å². The second-order valence-corrected chi connectivity index (χ2v) is 19.9. The molecule has 1 atom stereocenters. The summed E-state index contributed by atoms with van der Waals surface area (Å²) in [7, 11) is -2.10. The van der Waals surface area contributed by atoms with Gasteiger partial charge < -0.3 is 35.3 Å². The van der Waals surface area contributed by atoms with E-state index in [9.17, 15) is 13.2 Å². The van der Waals surface area contributed by atoms with Crippen LogP contribution in [0.25, 0.3) is 11.0 Å². The molecular formula is C47H59N9O5S. The van der Waals surface area contributed by atoms with Crippen molar-refractivity contribution in [2.24, 2.45) is 11.3 Å². The Labute approximate surface area is 364 Å². The summed E-state index contributed by atoms with van der Waals surface area (Å²) in [5.74, 6) is 1.10. The molecule has 3 saturated heterocycles. The fourth-order valence-corrected chi connectivity index (χ4v) is 11.0. The van der Waals surface area contributed by atoms with E-state index in [4.69, 9.17) is 15.2 Å². The number of hydrogen-bond acceptors (Lipinski definition) is 12. The molecule has 4 aliphatic rings. The molecule has 0 bridgehead atoms. The van der Waals surface area contributed by atoms with Crippen LogP contribution < -0.4 is 25.4 Å². The monoisotopic (exact) mass is 861 g/mol. The van der Waals surface area contributed by atoms with E-state index in [0.29, 0.717) is 66.3 Å². The number of sulfonamides is 1. The van der Waals surface area contributed by atoms with Gasteiger partial charge in [0.05, 0.1) is 17.4 Å². The van der Waals surface area contributed by atoms with Crippen LogP contribution in [0.4, 0.5) is 17.2 Å². The fourth-order valence-electron chi connectivity index (χ4n) is 10.1. The summed E-state index contributed by atoms with van der Waals surface area (Å²) in [6.45, 7) is 11.7.